The molecule has 7 nitrogen and oxygen atoms in total. The van der Waals surface area contributed by atoms with Crippen LogP contribution in [-0.2, 0) is 14.3 Å². The molecule has 0 aliphatic heterocycles. The molecule has 3 amide bonds. The molecule has 2 N–H and O–H groups in total. The lowest BCUT2D eigenvalue weighted by molar-refractivity contribution is -0.141. The van der Waals surface area contributed by atoms with Gasteiger partial charge in [-0.3, -0.25) is 9.59 Å². The van der Waals surface area contributed by atoms with E-state index in [0.29, 0.717) is 0 Å². The molecule has 32 heavy (non-hydrogen) atoms. The molecule has 178 valence electrons. The Balaban J connectivity index is 3.27. The summed E-state index contributed by atoms with van der Waals surface area (Å²) in [4.78, 5) is 40.4. The lowest BCUT2D eigenvalue weighted by Crippen LogP contribution is -2.52. The number of carbonyl (C=O) groups is 3. The van der Waals surface area contributed by atoms with Gasteiger partial charge in [-0.1, -0.05) is 43.7 Å². The van der Waals surface area contributed by atoms with Gasteiger partial charge in [0.15, 0.2) is 0 Å². The van der Waals surface area contributed by atoms with Crippen molar-refractivity contribution in [2.24, 2.45) is 0 Å². The molecular weight excluding hydrogens is 406 g/mol. The van der Waals surface area contributed by atoms with Crippen LogP contribution in [0.3, 0.4) is 0 Å². The van der Waals surface area contributed by atoms with Crippen LogP contribution in [0, 0.1) is 6.92 Å². The standard InChI is InChI=1S/C25H39N3O4/c1-9-13-18(4)26-22(29)21(20-15-12-11-14-17(20)3)28(16-10-2)23(30)19(5)27-24(31)32-25(6,7)8/h10-12,14-15,18-19,21H,2,9,13,16H2,1,3-8H3,(H,26,29)(H,27,31). The average Bonchev–Trinajstić information content (AvgIpc) is 2.66. The van der Waals surface area contributed by atoms with Gasteiger partial charge in [0.25, 0.3) is 0 Å². The highest BCUT2D eigenvalue weighted by Gasteiger charge is 2.35. The van der Waals surface area contributed by atoms with E-state index in [2.05, 4.69) is 24.1 Å². The van der Waals surface area contributed by atoms with Gasteiger partial charge >= 0.3 is 6.09 Å². The number of carbonyl (C=O) groups excluding carboxylic acids is 3. The van der Waals surface area contributed by atoms with Gasteiger partial charge in [0.1, 0.15) is 17.7 Å². The zero-order chi connectivity index (χ0) is 24.5. The van der Waals surface area contributed by atoms with Crippen LogP contribution in [0.5, 0.6) is 0 Å². The van der Waals surface area contributed by atoms with Crippen molar-refractivity contribution < 1.29 is 19.1 Å². The maximum atomic E-state index is 13.4. The molecule has 1 rings (SSSR count). The van der Waals surface area contributed by atoms with Crippen LogP contribution in [0.15, 0.2) is 36.9 Å². The van der Waals surface area contributed by atoms with E-state index in [1.54, 1.807) is 33.8 Å². The predicted octanol–water partition coefficient (Wildman–Crippen LogP) is 4.27. The van der Waals surface area contributed by atoms with Gasteiger partial charge in [-0.25, -0.2) is 4.79 Å². The zero-order valence-electron chi connectivity index (χ0n) is 20.5. The van der Waals surface area contributed by atoms with E-state index in [0.717, 1.165) is 24.0 Å². The molecule has 7 heteroatoms. The summed E-state index contributed by atoms with van der Waals surface area (Å²) in [5.74, 6) is -0.665. The summed E-state index contributed by atoms with van der Waals surface area (Å²) in [5, 5.41) is 5.61. The van der Waals surface area contributed by atoms with E-state index in [-0.39, 0.29) is 18.5 Å². The number of nitrogens with zero attached hydrogens (tertiary/aromatic N) is 1. The van der Waals surface area contributed by atoms with Gasteiger partial charge in [0, 0.05) is 12.6 Å². The molecule has 3 atom stereocenters. The maximum absolute atomic E-state index is 13.4. The monoisotopic (exact) mass is 445 g/mol. The van der Waals surface area contributed by atoms with E-state index in [1.807, 2.05) is 38.1 Å². The average molecular weight is 446 g/mol. The third kappa shape index (κ3) is 8.36. The molecule has 0 heterocycles. The molecule has 0 aliphatic carbocycles. The minimum atomic E-state index is -0.891. The Morgan fingerprint density at radius 3 is 2.31 bits per heavy atom. The number of nitrogens with one attached hydrogen (secondary N) is 2. The molecule has 1 aromatic carbocycles. The minimum Gasteiger partial charge on any atom is -0.444 e. The van der Waals surface area contributed by atoms with Crippen molar-refractivity contribution in [3.8, 4) is 0 Å². The van der Waals surface area contributed by atoms with Crippen LogP contribution in [0.4, 0.5) is 4.79 Å². The lowest BCUT2D eigenvalue weighted by atomic mass is 9.97. The first kappa shape index (κ1) is 27.2. The highest BCUT2D eigenvalue weighted by molar-refractivity contribution is 5.92. The van der Waals surface area contributed by atoms with Crippen molar-refractivity contribution in [3.05, 3.63) is 48.0 Å². The van der Waals surface area contributed by atoms with Crippen molar-refractivity contribution in [3.63, 3.8) is 0 Å². The summed E-state index contributed by atoms with van der Waals surface area (Å²) >= 11 is 0. The Labute approximate surface area is 192 Å². The van der Waals surface area contributed by atoms with Gasteiger partial charge in [0.2, 0.25) is 11.8 Å². The first-order valence-corrected chi connectivity index (χ1v) is 11.2. The summed E-state index contributed by atoms with van der Waals surface area (Å²) < 4.78 is 5.27. The quantitative estimate of drug-likeness (QED) is 0.527. The normalized spacial score (nSPS) is 14.0. The second kappa shape index (κ2) is 12.3. The Morgan fingerprint density at radius 1 is 1.16 bits per heavy atom. The highest BCUT2D eigenvalue weighted by Crippen LogP contribution is 2.26. The van der Waals surface area contributed by atoms with Crippen LogP contribution in [0.1, 0.15) is 71.6 Å². The fourth-order valence-electron chi connectivity index (χ4n) is 3.43. The van der Waals surface area contributed by atoms with Gasteiger partial charge in [0.05, 0.1) is 0 Å². The van der Waals surface area contributed by atoms with Crippen molar-refractivity contribution in [2.45, 2.75) is 85.0 Å². The summed E-state index contributed by atoms with van der Waals surface area (Å²) in [5.41, 5.74) is 0.936. The molecule has 3 unspecified atom stereocenters. The number of hydrogen-bond donors (Lipinski definition) is 2. The summed E-state index contributed by atoms with van der Waals surface area (Å²) in [6.07, 6.45) is 2.65. The number of rotatable bonds is 10. The topological polar surface area (TPSA) is 87.7 Å². The van der Waals surface area contributed by atoms with Crippen molar-refractivity contribution in [1.82, 2.24) is 15.5 Å². The Hall–Kier alpha value is -2.83. The molecule has 0 saturated heterocycles. The van der Waals surface area contributed by atoms with Gasteiger partial charge in [-0.15, -0.1) is 6.58 Å². The number of hydrogen-bond acceptors (Lipinski definition) is 4. The fourth-order valence-corrected chi connectivity index (χ4v) is 3.43. The number of benzene rings is 1. The Morgan fingerprint density at radius 2 is 1.78 bits per heavy atom. The van der Waals surface area contributed by atoms with Gasteiger partial charge in [-0.2, -0.15) is 0 Å². The van der Waals surface area contributed by atoms with E-state index in [9.17, 15) is 14.4 Å². The maximum Gasteiger partial charge on any atom is 0.408 e. The molecule has 0 aromatic heterocycles. The third-order valence-electron chi connectivity index (χ3n) is 4.87. The van der Waals surface area contributed by atoms with Gasteiger partial charge in [-0.05, 0) is 59.1 Å². The molecule has 0 bridgehead atoms. The number of alkyl carbamates (subject to hydrolysis) is 1. The minimum absolute atomic E-state index is 0.0305. The van der Waals surface area contributed by atoms with Crippen molar-refractivity contribution in [1.29, 1.82) is 0 Å². The van der Waals surface area contributed by atoms with E-state index >= 15 is 0 Å². The van der Waals surface area contributed by atoms with Crippen LogP contribution in [0.25, 0.3) is 0 Å². The molecule has 0 aliphatic rings. The van der Waals surface area contributed by atoms with Crippen LogP contribution in [-0.4, -0.2) is 47.0 Å². The highest BCUT2D eigenvalue weighted by atomic mass is 16.6. The van der Waals surface area contributed by atoms with Gasteiger partial charge < -0.3 is 20.3 Å². The summed E-state index contributed by atoms with van der Waals surface area (Å²) in [7, 11) is 0. The summed E-state index contributed by atoms with van der Waals surface area (Å²) in [6.45, 7) is 16.6. The predicted molar refractivity (Wildman–Crippen MR) is 127 cm³/mol. The first-order valence-electron chi connectivity index (χ1n) is 11.2. The second-order valence-electron chi connectivity index (χ2n) is 9.10. The Bertz CT molecular complexity index is 801. The van der Waals surface area contributed by atoms with E-state index < -0.39 is 29.7 Å². The number of ether oxygens (including phenoxy) is 1. The smallest absolute Gasteiger partial charge is 0.408 e. The molecule has 0 saturated carbocycles. The molecule has 1 aromatic rings. The zero-order valence-corrected chi connectivity index (χ0v) is 20.5. The third-order valence-corrected chi connectivity index (χ3v) is 4.87. The summed E-state index contributed by atoms with van der Waals surface area (Å²) in [6, 6.07) is 5.71. The van der Waals surface area contributed by atoms with Crippen LogP contribution >= 0.6 is 0 Å². The van der Waals surface area contributed by atoms with E-state index in [1.165, 1.54) is 4.90 Å². The largest absolute Gasteiger partial charge is 0.444 e. The second-order valence-corrected chi connectivity index (χ2v) is 9.10. The molecular formula is C25H39N3O4. The van der Waals surface area contributed by atoms with Crippen molar-refractivity contribution >= 4 is 17.9 Å². The number of aryl methyl sites for hydroxylation is 1. The SMILES string of the molecule is C=CCN(C(=O)C(C)NC(=O)OC(C)(C)C)C(C(=O)NC(C)CCC)c1ccccc1C. The number of amides is 3. The van der Waals surface area contributed by atoms with Crippen molar-refractivity contribution in [2.75, 3.05) is 6.54 Å². The molecule has 0 fully saturated rings. The molecule has 0 radical (unpaired) electrons. The lowest BCUT2D eigenvalue weighted by Gasteiger charge is -2.34. The van der Waals surface area contributed by atoms with E-state index in [4.69, 9.17) is 4.74 Å². The first-order chi connectivity index (χ1) is 14.9. The Kier molecular flexibility index (Phi) is 10.4. The van der Waals surface area contributed by atoms with Crippen LogP contribution < -0.4 is 10.6 Å². The molecule has 0 spiro atoms. The van der Waals surface area contributed by atoms with Crippen LogP contribution in [0.2, 0.25) is 0 Å². The fraction of sp³-hybridized carbons (Fsp3) is 0.560.